The number of hydrogen-bond acceptors (Lipinski definition) is 4. The zero-order chi connectivity index (χ0) is 21.1. The quantitative estimate of drug-likeness (QED) is 0.653. The second-order valence-corrected chi connectivity index (χ2v) is 7.11. The topological polar surface area (TPSA) is 88.7 Å². The van der Waals surface area contributed by atoms with Gasteiger partial charge < -0.3 is 25.4 Å². The van der Waals surface area contributed by atoms with Gasteiger partial charge in [0.2, 0.25) is 0 Å². The minimum Gasteiger partial charge on any atom is -0.495 e. The van der Waals surface area contributed by atoms with Crippen molar-refractivity contribution in [1.82, 2.24) is 10.6 Å². The molecule has 0 saturated carbocycles. The molecule has 1 aliphatic rings. The predicted octanol–water partition coefficient (Wildman–Crippen LogP) is 4.28. The van der Waals surface area contributed by atoms with E-state index in [4.69, 9.17) is 32.7 Å². The average Bonchev–Trinajstić information content (AvgIpc) is 2.68. The Morgan fingerprint density at radius 1 is 1.07 bits per heavy atom. The van der Waals surface area contributed by atoms with Crippen molar-refractivity contribution in [3.8, 4) is 11.5 Å². The van der Waals surface area contributed by atoms with E-state index in [-0.39, 0.29) is 0 Å². The number of carbonyl (C=O) groups is 2. The van der Waals surface area contributed by atoms with Crippen LogP contribution in [0.5, 0.6) is 11.5 Å². The van der Waals surface area contributed by atoms with Crippen LogP contribution in [0.3, 0.4) is 0 Å². The Morgan fingerprint density at radius 2 is 1.72 bits per heavy atom. The summed E-state index contributed by atoms with van der Waals surface area (Å²) < 4.78 is 10.5. The Balaban J connectivity index is 1.98. The minimum atomic E-state index is -0.652. The first-order valence-corrected chi connectivity index (χ1v) is 9.36. The normalized spacial score (nSPS) is 16.0. The van der Waals surface area contributed by atoms with Gasteiger partial charge >= 0.3 is 6.03 Å². The number of benzene rings is 2. The molecule has 29 heavy (non-hydrogen) atoms. The molecule has 0 bridgehead atoms. The molecule has 7 nitrogen and oxygen atoms in total. The molecule has 152 valence electrons. The lowest BCUT2D eigenvalue weighted by Gasteiger charge is -2.29. The summed E-state index contributed by atoms with van der Waals surface area (Å²) in [6, 6.07) is 8.98. The summed E-state index contributed by atoms with van der Waals surface area (Å²) in [7, 11) is 2.94. The average molecular weight is 436 g/mol. The first-order valence-electron chi connectivity index (χ1n) is 8.60. The van der Waals surface area contributed by atoms with Crippen LogP contribution in [0.4, 0.5) is 10.5 Å². The molecule has 0 unspecified atom stereocenters. The molecule has 3 rings (SSSR count). The Bertz CT molecular complexity index is 990. The monoisotopic (exact) mass is 435 g/mol. The number of halogens is 2. The minimum absolute atomic E-state index is 0.350. The fourth-order valence-corrected chi connectivity index (χ4v) is 3.40. The Labute approximate surface area is 178 Å². The molecule has 0 saturated heterocycles. The van der Waals surface area contributed by atoms with Crippen LogP contribution in [0, 0.1) is 0 Å². The molecule has 2 aromatic rings. The van der Waals surface area contributed by atoms with Crippen molar-refractivity contribution in [2.24, 2.45) is 0 Å². The molecule has 1 heterocycles. The Hall–Kier alpha value is -2.90. The first kappa shape index (κ1) is 20.8. The molecule has 0 aromatic heterocycles. The van der Waals surface area contributed by atoms with E-state index in [9.17, 15) is 9.59 Å². The van der Waals surface area contributed by atoms with Crippen molar-refractivity contribution in [2.45, 2.75) is 13.0 Å². The van der Waals surface area contributed by atoms with Gasteiger partial charge in [0, 0.05) is 22.9 Å². The van der Waals surface area contributed by atoms with Crippen LogP contribution in [-0.2, 0) is 4.79 Å². The summed E-state index contributed by atoms with van der Waals surface area (Å²) in [5.74, 6) is 0.341. The van der Waals surface area contributed by atoms with Gasteiger partial charge in [-0.2, -0.15) is 0 Å². The van der Waals surface area contributed by atoms with E-state index < -0.39 is 18.0 Å². The third-order valence-corrected chi connectivity index (χ3v) is 4.99. The van der Waals surface area contributed by atoms with Crippen molar-refractivity contribution < 1.29 is 19.1 Å². The maximum Gasteiger partial charge on any atom is 0.319 e. The van der Waals surface area contributed by atoms with Crippen LogP contribution in [0.1, 0.15) is 18.5 Å². The van der Waals surface area contributed by atoms with E-state index in [1.165, 1.54) is 14.2 Å². The van der Waals surface area contributed by atoms with Crippen LogP contribution in [0.2, 0.25) is 10.0 Å². The van der Waals surface area contributed by atoms with E-state index in [0.29, 0.717) is 38.5 Å². The Morgan fingerprint density at radius 3 is 2.34 bits per heavy atom. The number of anilines is 1. The van der Waals surface area contributed by atoms with E-state index in [1.807, 2.05) is 0 Å². The fourth-order valence-electron chi connectivity index (χ4n) is 3.05. The SMILES string of the molecule is COc1cc(NC(=O)C2=C(C)NC(=O)N[C@H]2c2ccc(Cl)cc2)c(OC)cc1Cl. The van der Waals surface area contributed by atoms with Gasteiger partial charge in [0.1, 0.15) is 11.5 Å². The summed E-state index contributed by atoms with van der Waals surface area (Å²) in [6.45, 7) is 1.66. The summed E-state index contributed by atoms with van der Waals surface area (Å²) >= 11 is 12.1. The van der Waals surface area contributed by atoms with Crippen molar-refractivity contribution >= 4 is 40.8 Å². The second kappa shape index (κ2) is 8.63. The van der Waals surface area contributed by atoms with Gasteiger partial charge in [0.15, 0.2) is 0 Å². The Kier molecular flexibility index (Phi) is 6.20. The lowest BCUT2D eigenvalue weighted by Crippen LogP contribution is -2.45. The van der Waals surface area contributed by atoms with E-state index in [1.54, 1.807) is 43.3 Å². The number of allylic oxidation sites excluding steroid dienone is 1. The number of amides is 3. The number of rotatable bonds is 5. The van der Waals surface area contributed by atoms with Gasteiger partial charge in [0.25, 0.3) is 5.91 Å². The summed E-state index contributed by atoms with van der Waals surface area (Å²) in [6.07, 6.45) is 0. The van der Waals surface area contributed by atoms with Gasteiger partial charge in [-0.1, -0.05) is 35.3 Å². The van der Waals surface area contributed by atoms with Crippen molar-refractivity contribution in [3.05, 3.63) is 63.3 Å². The standard InChI is InChI=1S/C20H19Cl2N3O4/c1-10-17(18(25-20(27)23-10)11-4-6-12(21)7-5-11)19(26)24-14-9-15(28-2)13(22)8-16(14)29-3/h4-9,18H,1-3H3,(H,24,26)(H2,23,25,27)/t18-/m0/s1. The maximum absolute atomic E-state index is 13.2. The number of methoxy groups -OCH3 is 2. The molecule has 0 spiro atoms. The van der Waals surface area contributed by atoms with Crippen molar-refractivity contribution in [1.29, 1.82) is 0 Å². The molecule has 3 N–H and O–H groups in total. The highest BCUT2D eigenvalue weighted by Gasteiger charge is 2.31. The van der Waals surface area contributed by atoms with Gasteiger partial charge in [0.05, 0.1) is 36.5 Å². The highest BCUT2D eigenvalue weighted by atomic mass is 35.5. The van der Waals surface area contributed by atoms with Crippen molar-refractivity contribution in [2.75, 3.05) is 19.5 Å². The number of ether oxygens (including phenoxy) is 2. The third kappa shape index (κ3) is 4.41. The molecular formula is C20H19Cl2N3O4. The third-order valence-electron chi connectivity index (χ3n) is 4.44. The number of nitrogens with one attached hydrogen (secondary N) is 3. The van der Waals surface area contributed by atoms with Gasteiger partial charge in [-0.15, -0.1) is 0 Å². The molecule has 0 fully saturated rings. The smallest absolute Gasteiger partial charge is 0.319 e. The lowest BCUT2D eigenvalue weighted by atomic mass is 9.95. The van der Waals surface area contributed by atoms with E-state index in [0.717, 1.165) is 5.56 Å². The summed E-state index contributed by atoms with van der Waals surface area (Å²) in [4.78, 5) is 25.2. The van der Waals surface area contributed by atoms with Crippen LogP contribution in [0.25, 0.3) is 0 Å². The molecule has 1 atom stereocenters. The van der Waals surface area contributed by atoms with E-state index in [2.05, 4.69) is 16.0 Å². The number of carbonyl (C=O) groups excluding carboxylic acids is 2. The van der Waals surface area contributed by atoms with Crippen LogP contribution in [-0.4, -0.2) is 26.2 Å². The summed E-state index contributed by atoms with van der Waals surface area (Å²) in [5, 5.41) is 9.12. The molecule has 2 aromatic carbocycles. The molecule has 1 aliphatic heterocycles. The molecular weight excluding hydrogens is 417 g/mol. The highest BCUT2D eigenvalue weighted by molar-refractivity contribution is 6.32. The molecule has 0 radical (unpaired) electrons. The number of urea groups is 1. The molecule has 3 amide bonds. The zero-order valence-electron chi connectivity index (χ0n) is 15.9. The predicted molar refractivity (Wildman–Crippen MR) is 112 cm³/mol. The van der Waals surface area contributed by atoms with Gasteiger partial charge in [-0.05, 0) is 24.6 Å². The lowest BCUT2D eigenvalue weighted by molar-refractivity contribution is -0.113. The van der Waals surface area contributed by atoms with Gasteiger partial charge in [-0.25, -0.2) is 4.79 Å². The van der Waals surface area contributed by atoms with Crippen LogP contribution >= 0.6 is 23.2 Å². The van der Waals surface area contributed by atoms with Crippen LogP contribution < -0.4 is 25.4 Å². The highest BCUT2D eigenvalue weighted by Crippen LogP contribution is 2.37. The largest absolute Gasteiger partial charge is 0.495 e. The van der Waals surface area contributed by atoms with Crippen molar-refractivity contribution in [3.63, 3.8) is 0 Å². The van der Waals surface area contributed by atoms with Crippen LogP contribution in [0.15, 0.2) is 47.7 Å². The second-order valence-electron chi connectivity index (χ2n) is 6.26. The zero-order valence-corrected chi connectivity index (χ0v) is 17.4. The number of hydrogen-bond donors (Lipinski definition) is 3. The first-order chi connectivity index (χ1) is 13.8. The maximum atomic E-state index is 13.2. The van der Waals surface area contributed by atoms with E-state index >= 15 is 0 Å². The fraction of sp³-hybridized carbons (Fsp3) is 0.200. The molecule has 0 aliphatic carbocycles. The summed E-state index contributed by atoms with van der Waals surface area (Å²) in [5.41, 5.74) is 1.88. The molecule has 9 heteroatoms. The van der Waals surface area contributed by atoms with Gasteiger partial charge in [-0.3, -0.25) is 4.79 Å².